The first-order valence-corrected chi connectivity index (χ1v) is 13.3. The Morgan fingerprint density at radius 2 is 2.00 bits per heavy atom. The number of esters is 1. The van der Waals surface area contributed by atoms with Gasteiger partial charge in [0, 0.05) is 42.5 Å². The lowest BCUT2D eigenvalue weighted by Gasteiger charge is -2.33. The summed E-state index contributed by atoms with van der Waals surface area (Å²) >= 11 is 0. The second kappa shape index (κ2) is 11.4. The predicted molar refractivity (Wildman–Crippen MR) is 157 cm³/mol. The van der Waals surface area contributed by atoms with Gasteiger partial charge in [0.2, 0.25) is 0 Å². The highest BCUT2D eigenvalue weighted by Gasteiger charge is 2.26. The Bertz CT molecular complexity index is 1470. The van der Waals surface area contributed by atoms with E-state index in [0.717, 1.165) is 36.1 Å². The van der Waals surface area contributed by atoms with Gasteiger partial charge in [0.1, 0.15) is 11.2 Å². The molecule has 0 radical (unpaired) electrons. The number of hydrogen-bond acceptors (Lipinski definition) is 8. The molecule has 2 heterocycles. The number of nitrogens with one attached hydrogen (secondary N) is 2. The first-order valence-electron chi connectivity index (χ1n) is 13.3. The maximum atomic E-state index is 13.3. The van der Waals surface area contributed by atoms with Gasteiger partial charge in [-0.3, -0.25) is 4.79 Å². The van der Waals surface area contributed by atoms with Crippen LogP contribution in [0.5, 0.6) is 0 Å². The van der Waals surface area contributed by atoms with Gasteiger partial charge in [0.05, 0.1) is 17.0 Å². The van der Waals surface area contributed by atoms with Crippen LogP contribution in [0.3, 0.4) is 0 Å². The third-order valence-corrected chi connectivity index (χ3v) is 6.94. The normalized spacial score (nSPS) is 17.1. The molecule has 2 atom stereocenters. The van der Waals surface area contributed by atoms with E-state index in [4.69, 9.17) is 20.3 Å². The maximum absolute atomic E-state index is 13.3. The van der Waals surface area contributed by atoms with E-state index in [1.54, 1.807) is 18.2 Å². The van der Waals surface area contributed by atoms with E-state index in [2.05, 4.69) is 10.2 Å². The molecule has 1 fully saturated rings. The number of nitrogens with zero attached hydrogens (tertiary/aromatic N) is 1. The van der Waals surface area contributed by atoms with Crippen molar-refractivity contribution in [3.63, 3.8) is 0 Å². The van der Waals surface area contributed by atoms with Gasteiger partial charge in [-0.15, -0.1) is 0 Å². The van der Waals surface area contributed by atoms with E-state index in [9.17, 15) is 9.59 Å². The second-order valence-electron chi connectivity index (χ2n) is 11.2. The zero-order valence-corrected chi connectivity index (χ0v) is 23.3. The molecular formula is C31H38N4O4. The van der Waals surface area contributed by atoms with Crippen LogP contribution in [-0.4, -0.2) is 30.9 Å². The van der Waals surface area contributed by atoms with Crippen LogP contribution in [0.2, 0.25) is 0 Å². The van der Waals surface area contributed by atoms with Crippen LogP contribution in [0, 0.1) is 18.3 Å². The Hall–Kier alpha value is -4.07. The summed E-state index contributed by atoms with van der Waals surface area (Å²) in [7, 11) is 0. The largest absolute Gasteiger partial charge is 0.456 e. The number of anilines is 2. The molecule has 1 aromatic heterocycles. The SMILES string of the molecule is Cc1cc(C(C)Nc2ccccc2C(=O)OC(C)(C)C)c2oc(N3CCCC(/C(C=N)=C/N)C3)cc(=O)c2c1. The number of benzene rings is 2. The summed E-state index contributed by atoms with van der Waals surface area (Å²) in [4.78, 5) is 28.2. The van der Waals surface area contributed by atoms with E-state index in [1.807, 2.05) is 58.9 Å². The van der Waals surface area contributed by atoms with Gasteiger partial charge in [0.25, 0.3) is 0 Å². The molecule has 0 saturated carbocycles. The van der Waals surface area contributed by atoms with Crippen molar-refractivity contribution in [1.29, 1.82) is 5.41 Å². The second-order valence-corrected chi connectivity index (χ2v) is 11.2. The summed E-state index contributed by atoms with van der Waals surface area (Å²) in [6.07, 6.45) is 4.61. The number of carbonyl (C=O) groups is 1. The molecule has 0 aliphatic carbocycles. The van der Waals surface area contributed by atoms with Gasteiger partial charge in [-0.1, -0.05) is 18.2 Å². The number of nitrogens with two attached hydrogens (primary N) is 1. The smallest absolute Gasteiger partial charge is 0.340 e. The van der Waals surface area contributed by atoms with Gasteiger partial charge in [-0.05, 0) is 83.0 Å². The van der Waals surface area contributed by atoms with Crippen molar-refractivity contribution in [2.24, 2.45) is 11.7 Å². The highest BCUT2D eigenvalue weighted by Crippen LogP contribution is 2.33. The number of rotatable bonds is 7. The minimum absolute atomic E-state index is 0.102. The topological polar surface area (TPSA) is 122 Å². The monoisotopic (exact) mass is 530 g/mol. The van der Waals surface area contributed by atoms with Crippen LogP contribution in [-0.2, 0) is 4.74 Å². The van der Waals surface area contributed by atoms with Crippen molar-refractivity contribution in [1.82, 2.24) is 0 Å². The summed E-state index contributed by atoms with van der Waals surface area (Å²) in [6, 6.07) is 12.4. The first kappa shape index (κ1) is 28.0. The standard InChI is InChI=1S/C31H38N4O4/c1-19-13-24(20(2)34-26-11-7-6-10-23(26)30(37)39-31(3,4)5)29-25(14-19)27(36)15-28(38-29)35-12-8-9-21(18-35)22(16-32)17-33/h6-7,10-11,13-17,20-21,32,34H,8-9,12,18,33H2,1-5H3/b22-17+,32-16?. The molecule has 8 heteroatoms. The summed E-state index contributed by atoms with van der Waals surface area (Å²) in [6.45, 7) is 10.8. The van der Waals surface area contributed by atoms with Gasteiger partial charge in [-0.25, -0.2) is 4.79 Å². The molecule has 0 spiro atoms. The number of piperidine rings is 1. The van der Waals surface area contributed by atoms with E-state index in [1.165, 1.54) is 12.4 Å². The molecule has 4 N–H and O–H groups in total. The van der Waals surface area contributed by atoms with E-state index in [0.29, 0.717) is 34.6 Å². The molecule has 2 aromatic carbocycles. The summed E-state index contributed by atoms with van der Waals surface area (Å²) in [5.41, 5.74) is 9.15. The van der Waals surface area contributed by atoms with Gasteiger partial charge in [0.15, 0.2) is 11.3 Å². The number of aryl methyl sites for hydroxylation is 1. The number of fused-ring (bicyclic) bond motifs is 1. The van der Waals surface area contributed by atoms with Crippen LogP contribution < -0.4 is 21.4 Å². The molecule has 0 bridgehead atoms. The van der Waals surface area contributed by atoms with Crippen LogP contribution in [0.1, 0.15) is 68.1 Å². The Kier molecular flexibility index (Phi) is 8.14. The average molecular weight is 531 g/mol. The summed E-state index contributed by atoms with van der Waals surface area (Å²) < 4.78 is 12.1. The fourth-order valence-electron chi connectivity index (χ4n) is 5.08. The molecular weight excluding hydrogens is 492 g/mol. The Morgan fingerprint density at radius 1 is 1.26 bits per heavy atom. The molecule has 206 valence electrons. The van der Waals surface area contributed by atoms with Crippen molar-refractivity contribution < 1.29 is 13.9 Å². The lowest BCUT2D eigenvalue weighted by Crippen LogP contribution is -2.37. The van der Waals surface area contributed by atoms with Crippen molar-refractivity contribution >= 4 is 34.7 Å². The number of para-hydroxylation sites is 1. The molecule has 1 aliphatic rings. The van der Waals surface area contributed by atoms with Crippen molar-refractivity contribution in [2.75, 3.05) is 23.3 Å². The van der Waals surface area contributed by atoms with Crippen LogP contribution in [0.25, 0.3) is 11.0 Å². The van der Waals surface area contributed by atoms with Gasteiger partial charge < -0.3 is 30.5 Å². The fraction of sp³-hybridized carbons (Fsp3) is 0.387. The zero-order valence-electron chi connectivity index (χ0n) is 23.3. The van der Waals surface area contributed by atoms with Crippen molar-refractivity contribution in [2.45, 2.75) is 59.1 Å². The van der Waals surface area contributed by atoms with Crippen molar-refractivity contribution in [3.8, 4) is 0 Å². The Balaban J connectivity index is 1.71. The Morgan fingerprint density at radius 3 is 2.69 bits per heavy atom. The van der Waals surface area contributed by atoms with Gasteiger partial charge >= 0.3 is 5.97 Å². The number of carbonyl (C=O) groups excluding carboxylic acids is 1. The Labute approximate surface area is 229 Å². The van der Waals surface area contributed by atoms with Crippen molar-refractivity contribution in [3.05, 3.63) is 81.2 Å². The maximum Gasteiger partial charge on any atom is 0.340 e. The minimum Gasteiger partial charge on any atom is -0.456 e. The minimum atomic E-state index is -0.616. The lowest BCUT2D eigenvalue weighted by atomic mass is 9.91. The van der Waals surface area contributed by atoms with Crippen LogP contribution >= 0.6 is 0 Å². The summed E-state index contributed by atoms with van der Waals surface area (Å²) in [5.74, 6) is 0.200. The molecule has 4 rings (SSSR count). The number of ether oxygens (including phenoxy) is 1. The summed E-state index contributed by atoms with van der Waals surface area (Å²) in [5, 5.41) is 11.6. The first-order chi connectivity index (χ1) is 18.5. The molecule has 39 heavy (non-hydrogen) atoms. The van der Waals surface area contributed by atoms with E-state index >= 15 is 0 Å². The molecule has 0 amide bonds. The fourth-order valence-corrected chi connectivity index (χ4v) is 5.08. The third-order valence-electron chi connectivity index (χ3n) is 6.94. The molecule has 2 unspecified atom stereocenters. The van der Waals surface area contributed by atoms with Crippen LogP contribution in [0.15, 0.2) is 63.4 Å². The lowest BCUT2D eigenvalue weighted by molar-refractivity contribution is 0.00706. The molecule has 1 aliphatic heterocycles. The molecule has 1 saturated heterocycles. The predicted octanol–water partition coefficient (Wildman–Crippen LogP) is 5.94. The molecule has 3 aromatic rings. The average Bonchev–Trinajstić information content (AvgIpc) is 2.89. The third kappa shape index (κ3) is 6.33. The highest BCUT2D eigenvalue weighted by atomic mass is 16.6. The van der Waals surface area contributed by atoms with E-state index in [-0.39, 0.29) is 17.4 Å². The van der Waals surface area contributed by atoms with Crippen LogP contribution in [0.4, 0.5) is 11.6 Å². The highest BCUT2D eigenvalue weighted by molar-refractivity contribution is 5.96. The zero-order chi connectivity index (χ0) is 28.3. The van der Waals surface area contributed by atoms with E-state index < -0.39 is 11.6 Å². The number of hydrogen-bond donors (Lipinski definition) is 3. The van der Waals surface area contributed by atoms with Gasteiger partial charge in [-0.2, -0.15) is 0 Å². The quantitative estimate of drug-likeness (QED) is 0.255. The molecule has 8 nitrogen and oxygen atoms in total.